The van der Waals surface area contributed by atoms with E-state index in [2.05, 4.69) is 39.2 Å². The molecule has 0 aromatic heterocycles. The van der Waals surface area contributed by atoms with Gasteiger partial charge in [-0.3, -0.25) is 9.59 Å². The van der Waals surface area contributed by atoms with Crippen molar-refractivity contribution >= 4 is 20.2 Å². The summed E-state index contributed by atoms with van der Waals surface area (Å²) in [5, 5.41) is 11.8. The van der Waals surface area contributed by atoms with E-state index in [4.69, 9.17) is 9.53 Å². The topological polar surface area (TPSA) is 75.6 Å². The number of aliphatic carboxylic acids is 1. The van der Waals surface area contributed by atoms with Crippen LogP contribution in [0.1, 0.15) is 34.6 Å². The van der Waals surface area contributed by atoms with Crippen molar-refractivity contribution in [2.75, 3.05) is 0 Å². The summed E-state index contributed by atoms with van der Waals surface area (Å²) in [4.78, 5) is 22.8. The second-order valence-corrected chi connectivity index (χ2v) is 12.0. The first-order chi connectivity index (χ1) is 8.88. The summed E-state index contributed by atoms with van der Waals surface area (Å²) < 4.78 is 6.22. The van der Waals surface area contributed by atoms with E-state index in [1.165, 1.54) is 0 Å². The standard InChI is InChI=1S/C14H27NO4Si/c1-8(13(17)18)11-10(12(16)15-11)9(2)19-20(6,7)14(3,4)5/h8-11H,1-7H3,(H,15,16)(H,17,18)/t8-,9+,10?,11?/m0/s1. The average Bonchev–Trinajstić information content (AvgIpc) is 2.21. The van der Waals surface area contributed by atoms with E-state index in [1.54, 1.807) is 6.92 Å². The predicted octanol–water partition coefficient (Wildman–Crippen LogP) is 2.23. The van der Waals surface area contributed by atoms with Crippen LogP contribution in [0.5, 0.6) is 0 Å². The zero-order valence-corrected chi connectivity index (χ0v) is 14.5. The number of carboxylic acid groups (broad SMARTS) is 1. The van der Waals surface area contributed by atoms with Gasteiger partial charge in [-0.1, -0.05) is 20.8 Å². The number of carbonyl (C=O) groups is 2. The Kier molecular flexibility index (Phi) is 4.71. The molecule has 0 aromatic rings. The quantitative estimate of drug-likeness (QED) is 0.603. The molecule has 6 heteroatoms. The number of hydrogen-bond donors (Lipinski definition) is 2. The molecule has 116 valence electrons. The Hall–Kier alpha value is -0.883. The highest BCUT2D eigenvalue weighted by Crippen LogP contribution is 2.39. The maximum Gasteiger partial charge on any atom is 0.308 e. The van der Waals surface area contributed by atoms with Gasteiger partial charge >= 0.3 is 5.97 Å². The van der Waals surface area contributed by atoms with E-state index in [0.29, 0.717) is 0 Å². The molecule has 1 heterocycles. The molecule has 1 amide bonds. The van der Waals surface area contributed by atoms with Crippen molar-refractivity contribution in [1.82, 2.24) is 5.32 Å². The van der Waals surface area contributed by atoms with Crippen molar-refractivity contribution < 1.29 is 19.1 Å². The summed E-state index contributed by atoms with van der Waals surface area (Å²) in [6.07, 6.45) is -0.253. The molecule has 1 rings (SSSR count). The van der Waals surface area contributed by atoms with Gasteiger partial charge in [0.2, 0.25) is 5.91 Å². The molecular weight excluding hydrogens is 274 g/mol. The van der Waals surface area contributed by atoms with Crippen molar-refractivity contribution in [3.8, 4) is 0 Å². The van der Waals surface area contributed by atoms with Gasteiger partial charge in [0.15, 0.2) is 8.32 Å². The van der Waals surface area contributed by atoms with E-state index in [0.717, 1.165) is 0 Å². The third-order valence-corrected chi connectivity index (χ3v) is 9.29. The largest absolute Gasteiger partial charge is 0.481 e. The van der Waals surface area contributed by atoms with Gasteiger partial charge in [-0.2, -0.15) is 0 Å². The van der Waals surface area contributed by atoms with Crippen LogP contribution in [0.15, 0.2) is 0 Å². The van der Waals surface area contributed by atoms with Crippen LogP contribution in [0.25, 0.3) is 0 Å². The minimum atomic E-state index is -1.96. The van der Waals surface area contributed by atoms with Gasteiger partial charge < -0.3 is 14.8 Å². The minimum absolute atomic E-state index is 0.0649. The van der Waals surface area contributed by atoms with Gasteiger partial charge in [-0.15, -0.1) is 0 Å². The highest BCUT2D eigenvalue weighted by atomic mass is 28.4. The summed E-state index contributed by atoms with van der Waals surface area (Å²) >= 11 is 0. The molecule has 0 aromatic carbocycles. The number of rotatable bonds is 5. The second-order valence-electron chi connectivity index (χ2n) is 7.27. The van der Waals surface area contributed by atoms with Gasteiger partial charge in [0.1, 0.15) is 0 Å². The molecular formula is C14H27NO4Si. The maximum atomic E-state index is 11.8. The Morgan fingerprint density at radius 3 is 2.20 bits per heavy atom. The molecule has 0 spiro atoms. The molecule has 2 N–H and O–H groups in total. The highest BCUT2D eigenvalue weighted by molar-refractivity contribution is 6.74. The second kappa shape index (κ2) is 5.48. The normalized spacial score (nSPS) is 26.4. The lowest BCUT2D eigenvalue weighted by Crippen LogP contribution is -2.66. The molecule has 1 aliphatic rings. The van der Waals surface area contributed by atoms with Gasteiger partial charge in [0, 0.05) is 0 Å². The number of amides is 1. The molecule has 5 nitrogen and oxygen atoms in total. The third kappa shape index (κ3) is 3.23. The fourth-order valence-electron chi connectivity index (χ4n) is 2.23. The van der Waals surface area contributed by atoms with Crippen LogP contribution in [0.3, 0.4) is 0 Å². The lowest BCUT2D eigenvalue weighted by Gasteiger charge is -2.46. The summed E-state index contributed by atoms with van der Waals surface area (Å²) in [5.41, 5.74) is 0. The summed E-state index contributed by atoms with van der Waals surface area (Å²) in [6.45, 7) is 14.2. The fourth-order valence-corrected chi connectivity index (χ4v) is 3.66. The first-order valence-corrected chi connectivity index (χ1v) is 10.0. The average molecular weight is 301 g/mol. The number of hydrogen-bond acceptors (Lipinski definition) is 3. The Balaban J connectivity index is 2.78. The van der Waals surface area contributed by atoms with Crippen LogP contribution in [0.2, 0.25) is 18.1 Å². The molecule has 1 saturated heterocycles. The first-order valence-electron chi connectivity index (χ1n) is 7.09. The molecule has 0 saturated carbocycles. The fraction of sp³-hybridized carbons (Fsp3) is 0.857. The summed E-state index contributed by atoms with van der Waals surface area (Å²) in [5.74, 6) is -1.95. The molecule has 2 unspecified atom stereocenters. The highest BCUT2D eigenvalue weighted by Gasteiger charge is 2.50. The smallest absolute Gasteiger partial charge is 0.308 e. The minimum Gasteiger partial charge on any atom is -0.481 e. The lowest BCUT2D eigenvalue weighted by atomic mass is 9.79. The Morgan fingerprint density at radius 1 is 1.35 bits per heavy atom. The van der Waals surface area contributed by atoms with Crippen LogP contribution in [-0.2, 0) is 14.0 Å². The van der Waals surface area contributed by atoms with E-state index in [1.807, 2.05) is 6.92 Å². The van der Waals surface area contributed by atoms with Crippen molar-refractivity contribution in [2.24, 2.45) is 11.8 Å². The van der Waals surface area contributed by atoms with Gasteiger partial charge in [-0.05, 0) is 32.0 Å². The Bertz CT molecular complexity index is 402. The number of β-lactam (4-membered cyclic amide) rings is 1. The van der Waals surface area contributed by atoms with E-state index >= 15 is 0 Å². The van der Waals surface area contributed by atoms with E-state index in [-0.39, 0.29) is 29.0 Å². The molecule has 20 heavy (non-hydrogen) atoms. The monoisotopic (exact) mass is 301 g/mol. The summed E-state index contributed by atoms with van der Waals surface area (Å²) in [7, 11) is -1.96. The molecule has 1 fully saturated rings. The zero-order chi connectivity index (χ0) is 15.9. The predicted molar refractivity (Wildman–Crippen MR) is 80.0 cm³/mol. The van der Waals surface area contributed by atoms with Crippen LogP contribution in [0.4, 0.5) is 0 Å². The first kappa shape index (κ1) is 17.2. The SMILES string of the molecule is C[C@H](C(=O)O)C1NC(=O)C1[C@@H](C)O[Si](C)(C)C(C)(C)C. The van der Waals surface area contributed by atoms with Crippen molar-refractivity contribution in [3.63, 3.8) is 0 Å². The molecule has 0 bridgehead atoms. The van der Waals surface area contributed by atoms with E-state index in [9.17, 15) is 9.59 Å². The van der Waals surface area contributed by atoms with Gasteiger partial charge in [0.05, 0.1) is 24.0 Å². The summed E-state index contributed by atoms with van der Waals surface area (Å²) in [6, 6.07) is -0.334. The third-order valence-electron chi connectivity index (χ3n) is 4.72. The number of nitrogens with one attached hydrogen (secondary N) is 1. The Morgan fingerprint density at radius 2 is 1.85 bits per heavy atom. The molecule has 1 aliphatic heterocycles. The van der Waals surface area contributed by atoms with Crippen molar-refractivity contribution in [2.45, 2.75) is 64.9 Å². The van der Waals surface area contributed by atoms with E-state index < -0.39 is 20.2 Å². The number of carboxylic acids is 1. The van der Waals surface area contributed by atoms with Crippen LogP contribution < -0.4 is 5.32 Å². The molecule has 0 aliphatic carbocycles. The van der Waals surface area contributed by atoms with Crippen LogP contribution in [-0.4, -0.2) is 37.4 Å². The van der Waals surface area contributed by atoms with Crippen LogP contribution in [0, 0.1) is 11.8 Å². The number of carbonyl (C=O) groups excluding carboxylic acids is 1. The lowest BCUT2D eigenvalue weighted by molar-refractivity contribution is -0.151. The van der Waals surface area contributed by atoms with Crippen molar-refractivity contribution in [1.29, 1.82) is 0 Å². The van der Waals surface area contributed by atoms with Crippen LogP contribution >= 0.6 is 0 Å². The van der Waals surface area contributed by atoms with Gasteiger partial charge in [-0.25, -0.2) is 0 Å². The maximum absolute atomic E-state index is 11.8. The molecule has 0 radical (unpaired) electrons. The zero-order valence-electron chi connectivity index (χ0n) is 13.5. The van der Waals surface area contributed by atoms with Gasteiger partial charge in [0.25, 0.3) is 0 Å². The Labute approximate surface area is 122 Å². The van der Waals surface area contributed by atoms with Crippen molar-refractivity contribution in [3.05, 3.63) is 0 Å². The molecule has 4 atom stereocenters.